The highest BCUT2D eigenvalue weighted by molar-refractivity contribution is 7.12. The monoisotopic (exact) mass is 228 g/mol. The molecule has 1 rings (SSSR count). The first-order valence-corrected chi connectivity index (χ1v) is 5.82. The van der Waals surface area contributed by atoms with E-state index < -0.39 is 6.10 Å². The third-order valence-corrected chi connectivity index (χ3v) is 3.34. The summed E-state index contributed by atoms with van der Waals surface area (Å²) in [6, 6.07) is 3.88. The standard InChI is InChI=1S/C11H16O3S/c1-3-4-8-5-6-10(15-8)9(12)7-11(13)14-2/h5-6,9,12H,3-4,7H2,1-2H3/t9-/m1/s1. The van der Waals surface area contributed by atoms with E-state index in [2.05, 4.69) is 11.7 Å². The zero-order valence-corrected chi connectivity index (χ0v) is 9.84. The maximum Gasteiger partial charge on any atom is 0.308 e. The first kappa shape index (κ1) is 12.2. The second-order valence-electron chi connectivity index (χ2n) is 3.35. The number of aliphatic hydroxyl groups is 1. The largest absolute Gasteiger partial charge is 0.469 e. The quantitative estimate of drug-likeness (QED) is 0.787. The van der Waals surface area contributed by atoms with Crippen LogP contribution in [0.4, 0.5) is 0 Å². The lowest BCUT2D eigenvalue weighted by Gasteiger charge is -2.05. The molecule has 0 bridgehead atoms. The predicted octanol–water partition coefficient (Wildman–Crippen LogP) is 2.30. The molecule has 0 saturated heterocycles. The van der Waals surface area contributed by atoms with Crippen molar-refractivity contribution in [3.8, 4) is 0 Å². The number of aryl methyl sites for hydroxylation is 1. The Balaban J connectivity index is 2.57. The van der Waals surface area contributed by atoms with E-state index in [-0.39, 0.29) is 12.4 Å². The van der Waals surface area contributed by atoms with Crippen LogP contribution in [0.15, 0.2) is 12.1 Å². The van der Waals surface area contributed by atoms with Crippen LogP contribution in [0.3, 0.4) is 0 Å². The Morgan fingerprint density at radius 3 is 2.93 bits per heavy atom. The fourth-order valence-electron chi connectivity index (χ4n) is 1.30. The summed E-state index contributed by atoms with van der Waals surface area (Å²) in [6.45, 7) is 2.12. The van der Waals surface area contributed by atoms with E-state index in [9.17, 15) is 9.90 Å². The van der Waals surface area contributed by atoms with Crippen molar-refractivity contribution in [2.75, 3.05) is 7.11 Å². The lowest BCUT2D eigenvalue weighted by molar-refractivity contribution is -0.142. The van der Waals surface area contributed by atoms with Crippen molar-refractivity contribution in [3.05, 3.63) is 21.9 Å². The van der Waals surface area contributed by atoms with E-state index in [1.807, 2.05) is 12.1 Å². The van der Waals surface area contributed by atoms with E-state index in [0.717, 1.165) is 17.7 Å². The van der Waals surface area contributed by atoms with Crippen LogP contribution < -0.4 is 0 Å². The predicted molar refractivity (Wildman–Crippen MR) is 59.9 cm³/mol. The highest BCUT2D eigenvalue weighted by atomic mass is 32.1. The van der Waals surface area contributed by atoms with Crippen LogP contribution in [-0.4, -0.2) is 18.2 Å². The van der Waals surface area contributed by atoms with Gasteiger partial charge < -0.3 is 9.84 Å². The molecule has 3 nitrogen and oxygen atoms in total. The van der Waals surface area contributed by atoms with Crippen molar-refractivity contribution in [3.63, 3.8) is 0 Å². The molecular weight excluding hydrogens is 212 g/mol. The summed E-state index contributed by atoms with van der Waals surface area (Å²) in [5.74, 6) is -0.382. The van der Waals surface area contributed by atoms with Gasteiger partial charge in [0.25, 0.3) is 0 Å². The molecule has 1 atom stereocenters. The molecule has 0 radical (unpaired) electrons. The average molecular weight is 228 g/mol. The van der Waals surface area contributed by atoms with Gasteiger partial charge in [-0.3, -0.25) is 4.79 Å². The molecule has 0 aliphatic heterocycles. The molecule has 1 aromatic heterocycles. The third-order valence-electron chi connectivity index (χ3n) is 2.09. The fourth-order valence-corrected chi connectivity index (χ4v) is 2.40. The number of hydrogen-bond donors (Lipinski definition) is 1. The van der Waals surface area contributed by atoms with E-state index in [1.54, 1.807) is 11.3 Å². The maximum atomic E-state index is 11.0. The number of ether oxygens (including phenoxy) is 1. The second-order valence-corrected chi connectivity index (χ2v) is 4.55. The van der Waals surface area contributed by atoms with Gasteiger partial charge in [0, 0.05) is 9.75 Å². The van der Waals surface area contributed by atoms with E-state index in [4.69, 9.17) is 0 Å². The van der Waals surface area contributed by atoms with Crippen molar-refractivity contribution in [1.82, 2.24) is 0 Å². The Morgan fingerprint density at radius 1 is 1.60 bits per heavy atom. The molecule has 15 heavy (non-hydrogen) atoms. The molecule has 84 valence electrons. The van der Waals surface area contributed by atoms with Crippen molar-refractivity contribution < 1.29 is 14.6 Å². The van der Waals surface area contributed by atoms with Crippen molar-refractivity contribution >= 4 is 17.3 Å². The molecule has 0 aliphatic carbocycles. The van der Waals surface area contributed by atoms with Gasteiger partial charge in [-0.2, -0.15) is 0 Å². The summed E-state index contributed by atoms with van der Waals surface area (Å²) in [5.41, 5.74) is 0. The SMILES string of the molecule is CCCc1ccc([C@H](O)CC(=O)OC)s1. The fraction of sp³-hybridized carbons (Fsp3) is 0.545. The van der Waals surface area contributed by atoms with Gasteiger partial charge in [-0.05, 0) is 18.6 Å². The van der Waals surface area contributed by atoms with Gasteiger partial charge in [0.1, 0.15) is 0 Å². The number of hydrogen-bond acceptors (Lipinski definition) is 4. The van der Waals surface area contributed by atoms with Crippen LogP contribution >= 0.6 is 11.3 Å². The summed E-state index contributed by atoms with van der Waals surface area (Å²) in [5, 5.41) is 9.71. The van der Waals surface area contributed by atoms with Crippen LogP contribution in [0.25, 0.3) is 0 Å². The van der Waals surface area contributed by atoms with Crippen molar-refractivity contribution in [2.24, 2.45) is 0 Å². The topological polar surface area (TPSA) is 46.5 Å². The molecule has 4 heteroatoms. The third kappa shape index (κ3) is 3.64. The zero-order chi connectivity index (χ0) is 11.3. The molecule has 0 amide bonds. The Labute approximate surface area is 93.7 Å². The molecular formula is C11H16O3S. The summed E-state index contributed by atoms with van der Waals surface area (Å²) in [7, 11) is 1.33. The number of carbonyl (C=O) groups is 1. The van der Waals surface area contributed by atoms with E-state index in [1.165, 1.54) is 12.0 Å². The molecule has 0 spiro atoms. The molecule has 0 fully saturated rings. The average Bonchev–Trinajstić information content (AvgIpc) is 2.67. The van der Waals surface area contributed by atoms with Crippen LogP contribution in [0.1, 0.15) is 35.6 Å². The van der Waals surface area contributed by atoms with Gasteiger partial charge in [0.2, 0.25) is 0 Å². The van der Waals surface area contributed by atoms with Gasteiger partial charge >= 0.3 is 5.97 Å². The Hall–Kier alpha value is -0.870. The van der Waals surface area contributed by atoms with Crippen molar-refractivity contribution in [2.45, 2.75) is 32.3 Å². The molecule has 0 saturated carbocycles. The maximum absolute atomic E-state index is 11.0. The Morgan fingerprint density at radius 2 is 2.33 bits per heavy atom. The van der Waals surface area contributed by atoms with Gasteiger partial charge in [0.05, 0.1) is 19.6 Å². The highest BCUT2D eigenvalue weighted by Crippen LogP contribution is 2.26. The molecule has 1 aromatic rings. The minimum absolute atomic E-state index is 0.0303. The molecule has 0 aliphatic rings. The second kappa shape index (κ2) is 5.88. The first-order chi connectivity index (χ1) is 7.17. The van der Waals surface area contributed by atoms with Gasteiger partial charge in [0.15, 0.2) is 0 Å². The molecule has 1 N–H and O–H groups in total. The number of rotatable bonds is 5. The van der Waals surface area contributed by atoms with Crippen LogP contribution in [0.2, 0.25) is 0 Å². The summed E-state index contributed by atoms with van der Waals surface area (Å²) >= 11 is 1.56. The number of aliphatic hydroxyl groups excluding tert-OH is 1. The van der Waals surface area contributed by atoms with E-state index >= 15 is 0 Å². The summed E-state index contributed by atoms with van der Waals surface area (Å²) in [6.07, 6.45) is 1.42. The minimum atomic E-state index is -0.729. The summed E-state index contributed by atoms with van der Waals surface area (Å²) < 4.78 is 4.50. The Bertz CT molecular complexity index is 319. The summed E-state index contributed by atoms with van der Waals surface area (Å²) in [4.78, 5) is 13.0. The first-order valence-electron chi connectivity index (χ1n) is 5.00. The van der Waals surface area contributed by atoms with Crippen LogP contribution in [0.5, 0.6) is 0 Å². The smallest absolute Gasteiger partial charge is 0.308 e. The zero-order valence-electron chi connectivity index (χ0n) is 9.03. The van der Waals surface area contributed by atoms with Gasteiger partial charge in [-0.1, -0.05) is 13.3 Å². The van der Waals surface area contributed by atoms with Crippen molar-refractivity contribution in [1.29, 1.82) is 0 Å². The van der Waals surface area contributed by atoms with Crippen LogP contribution in [-0.2, 0) is 16.0 Å². The Kier molecular flexibility index (Phi) is 4.78. The van der Waals surface area contributed by atoms with E-state index in [0.29, 0.717) is 0 Å². The normalized spacial score (nSPS) is 12.5. The highest BCUT2D eigenvalue weighted by Gasteiger charge is 2.15. The van der Waals surface area contributed by atoms with Crippen LogP contribution in [0, 0.1) is 0 Å². The lowest BCUT2D eigenvalue weighted by atomic mass is 10.2. The minimum Gasteiger partial charge on any atom is -0.469 e. The molecule has 0 unspecified atom stereocenters. The molecule has 1 heterocycles. The number of methoxy groups -OCH3 is 1. The number of esters is 1. The number of thiophene rings is 1. The number of carbonyl (C=O) groups excluding carboxylic acids is 1. The van der Waals surface area contributed by atoms with Gasteiger partial charge in [-0.25, -0.2) is 0 Å². The molecule has 0 aromatic carbocycles. The van der Waals surface area contributed by atoms with Gasteiger partial charge in [-0.15, -0.1) is 11.3 Å². The lowest BCUT2D eigenvalue weighted by Crippen LogP contribution is -2.06.